The number of hydrogen-bond donors (Lipinski definition) is 1. The largest absolute Gasteiger partial charge is 0.324 e. The van der Waals surface area contributed by atoms with Crippen LogP contribution in [0.1, 0.15) is 33.6 Å². The Morgan fingerprint density at radius 2 is 1.83 bits per heavy atom. The fourth-order valence-corrected chi connectivity index (χ4v) is 3.52. The molecule has 1 fully saturated rings. The van der Waals surface area contributed by atoms with Crippen molar-refractivity contribution in [2.24, 2.45) is 5.73 Å². The van der Waals surface area contributed by atoms with Crippen molar-refractivity contribution < 1.29 is 8.42 Å². The third-order valence-electron chi connectivity index (χ3n) is 3.51. The van der Waals surface area contributed by atoms with Crippen LogP contribution in [0.15, 0.2) is 0 Å². The first-order valence-electron chi connectivity index (χ1n) is 6.62. The molecule has 0 unspecified atom stereocenters. The van der Waals surface area contributed by atoms with Crippen LogP contribution in [0.2, 0.25) is 0 Å². The lowest BCUT2D eigenvalue weighted by molar-refractivity contribution is 0.148. The van der Waals surface area contributed by atoms with Crippen LogP contribution in [0.4, 0.5) is 0 Å². The van der Waals surface area contributed by atoms with E-state index < -0.39 is 10.0 Å². The number of nitrogens with zero attached hydrogens (tertiary/aromatic N) is 2. The molecule has 108 valence electrons. The first-order valence-corrected chi connectivity index (χ1v) is 8.23. The molecule has 1 aliphatic rings. The topological polar surface area (TPSA) is 66.6 Å². The van der Waals surface area contributed by atoms with Gasteiger partial charge < -0.3 is 10.6 Å². The molecule has 6 heteroatoms. The normalized spacial score (nSPS) is 20.6. The van der Waals surface area contributed by atoms with Crippen LogP contribution in [0, 0.1) is 0 Å². The quantitative estimate of drug-likeness (QED) is 0.793. The van der Waals surface area contributed by atoms with Crippen LogP contribution in [-0.4, -0.2) is 61.6 Å². The molecule has 0 spiro atoms. The second-order valence-electron chi connectivity index (χ2n) is 5.91. The molecule has 1 saturated heterocycles. The molecule has 1 aliphatic heterocycles. The van der Waals surface area contributed by atoms with Gasteiger partial charge in [-0.15, -0.1) is 0 Å². The van der Waals surface area contributed by atoms with Crippen molar-refractivity contribution in [2.45, 2.75) is 45.2 Å². The Balaban J connectivity index is 2.49. The Bertz CT molecular complexity index is 354. The second-order valence-corrected chi connectivity index (χ2v) is 8.23. The summed E-state index contributed by atoms with van der Waals surface area (Å²) in [6, 6.07) is 0.145. The molecule has 2 N–H and O–H groups in total. The van der Waals surface area contributed by atoms with Crippen molar-refractivity contribution in [2.75, 3.05) is 32.4 Å². The lowest BCUT2D eigenvalue weighted by atomic mass is 10.0. The van der Waals surface area contributed by atoms with Crippen molar-refractivity contribution in [3.05, 3.63) is 0 Å². The van der Waals surface area contributed by atoms with Gasteiger partial charge in [-0.1, -0.05) is 0 Å². The molecule has 0 atom stereocenters. The number of likely N-dealkylation sites (tertiary alicyclic amines) is 1. The molecule has 0 aromatic heterocycles. The average Bonchev–Trinajstić information content (AvgIpc) is 2.27. The van der Waals surface area contributed by atoms with Gasteiger partial charge in [-0.2, -0.15) is 0 Å². The van der Waals surface area contributed by atoms with Gasteiger partial charge in [0.05, 0.1) is 5.75 Å². The predicted octanol–water partition coefficient (Wildman–Crippen LogP) is 0.470. The SMILES string of the molecule is CCS(=O)(=O)N(C)C1CCN(CC(C)(C)N)CC1. The molecule has 0 radical (unpaired) electrons. The van der Waals surface area contributed by atoms with E-state index in [4.69, 9.17) is 5.73 Å². The monoisotopic (exact) mass is 277 g/mol. The van der Waals surface area contributed by atoms with E-state index in [0.717, 1.165) is 32.5 Å². The van der Waals surface area contributed by atoms with Crippen molar-refractivity contribution in [1.82, 2.24) is 9.21 Å². The smallest absolute Gasteiger partial charge is 0.213 e. The van der Waals surface area contributed by atoms with Crippen LogP contribution in [0.3, 0.4) is 0 Å². The lowest BCUT2D eigenvalue weighted by Crippen LogP contribution is -2.51. The first-order chi connectivity index (χ1) is 8.15. The standard InChI is InChI=1S/C12H27N3O2S/c1-5-18(16,17)14(4)11-6-8-15(9-7-11)10-12(2,3)13/h11H,5-10,13H2,1-4H3. The van der Waals surface area contributed by atoms with Gasteiger partial charge in [-0.25, -0.2) is 12.7 Å². The Morgan fingerprint density at radius 3 is 2.22 bits per heavy atom. The molecule has 5 nitrogen and oxygen atoms in total. The summed E-state index contributed by atoms with van der Waals surface area (Å²) in [6.07, 6.45) is 1.79. The van der Waals surface area contributed by atoms with E-state index in [1.165, 1.54) is 0 Å². The number of hydrogen-bond acceptors (Lipinski definition) is 4. The molecule has 1 rings (SSSR count). The van der Waals surface area contributed by atoms with E-state index in [2.05, 4.69) is 4.90 Å². The minimum Gasteiger partial charge on any atom is -0.324 e. The minimum atomic E-state index is -3.06. The summed E-state index contributed by atoms with van der Waals surface area (Å²) in [6.45, 7) is 8.45. The zero-order chi connectivity index (χ0) is 14.0. The Morgan fingerprint density at radius 1 is 1.33 bits per heavy atom. The Kier molecular flexibility index (Phi) is 5.17. The summed E-state index contributed by atoms with van der Waals surface area (Å²) in [7, 11) is -1.36. The summed E-state index contributed by atoms with van der Waals surface area (Å²) < 4.78 is 25.2. The van der Waals surface area contributed by atoms with E-state index in [1.807, 2.05) is 13.8 Å². The zero-order valence-corrected chi connectivity index (χ0v) is 12.8. The maximum Gasteiger partial charge on any atom is 0.213 e. The van der Waals surface area contributed by atoms with Crippen LogP contribution in [0.25, 0.3) is 0 Å². The fraction of sp³-hybridized carbons (Fsp3) is 1.00. The highest BCUT2D eigenvalue weighted by Gasteiger charge is 2.29. The van der Waals surface area contributed by atoms with E-state index in [0.29, 0.717) is 0 Å². The van der Waals surface area contributed by atoms with Gasteiger partial charge in [0.15, 0.2) is 0 Å². The summed E-state index contributed by atoms with van der Waals surface area (Å²) in [5.41, 5.74) is 5.82. The van der Waals surface area contributed by atoms with Gasteiger partial charge in [-0.3, -0.25) is 0 Å². The third kappa shape index (κ3) is 4.50. The van der Waals surface area contributed by atoms with Crippen LogP contribution >= 0.6 is 0 Å². The fourth-order valence-electron chi connectivity index (χ4n) is 2.45. The molecule has 0 bridgehead atoms. The molecular weight excluding hydrogens is 250 g/mol. The highest BCUT2D eigenvalue weighted by molar-refractivity contribution is 7.89. The van der Waals surface area contributed by atoms with Gasteiger partial charge in [0.1, 0.15) is 0 Å². The van der Waals surface area contributed by atoms with Crippen LogP contribution < -0.4 is 5.73 Å². The molecule has 0 amide bonds. The van der Waals surface area contributed by atoms with Gasteiger partial charge in [-0.05, 0) is 46.7 Å². The van der Waals surface area contributed by atoms with Crippen LogP contribution in [0.5, 0.6) is 0 Å². The van der Waals surface area contributed by atoms with Crippen molar-refractivity contribution >= 4 is 10.0 Å². The number of sulfonamides is 1. The van der Waals surface area contributed by atoms with Crippen LogP contribution in [-0.2, 0) is 10.0 Å². The number of rotatable bonds is 5. The third-order valence-corrected chi connectivity index (χ3v) is 5.41. The second kappa shape index (κ2) is 5.86. The molecule has 0 aromatic rings. The summed E-state index contributed by atoms with van der Waals surface area (Å²) in [5.74, 6) is 0.180. The predicted molar refractivity (Wildman–Crippen MR) is 75.0 cm³/mol. The lowest BCUT2D eigenvalue weighted by Gasteiger charge is -2.38. The molecular formula is C12H27N3O2S. The van der Waals surface area contributed by atoms with Gasteiger partial charge in [0, 0.05) is 25.2 Å². The van der Waals surface area contributed by atoms with Crippen molar-refractivity contribution in [3.8, 4) is 0 Å². The Labute approximate surface area is 111 Å². The summed E-state index contributed by atoms with van der Waals surface area (Å²) in [5, 5.41) is 0. The number of piperidine rings is 1. The minimum absolute atomic E-state index is 0.145. The average molecular weight is 277 g/mol. The molecule has 1 heterocycles. The van der Waals surface area contributed by atoms with Crippen molar-refractivity contribution in [3.63, 3.8) is 0 Å². The zero-order valence-electron chi connectivity index (χ0n) is 12.0. The molecule has 0 saturated carbocycles. The highest BCUT2D eigenvalue weighted by atomic mass is 32.2. The van der Waals surface area contributed by atoms with E-state index in [9.17, 15) is 8.42 Å². The van der Waals surface area contributed by atoms with Gasteiger partial charge in [0.2, 0.25) is 10.0 Å². The highest BCUT2D eigenvalue weighted by Crippen LogP contribution is 2.19. The number of nitrogens with two attached hydrogens (primary N) is 1. The van der Waals surface area contributed by atoms with E-state index >= 15 is 0 Å². The van der Waals surface area contributed by atoms with Gasteiger partial charge in [0.25, 0.3) is 0 Å². The maximum absolute atomic E-state index is 11.8. The molecule has 18 heavy (non-hydrogen) atoms. The summed E-state index contributed by atoms with van der Waals surface area (Å²) >= 11 is 0. The first kappa shape index (κ1) is 15.9. The Hall–Kier alpha value is -0.170. The molecule has 0 aromatic carbocycles. The maximum atomic E-state index is 11.8. The van der Waals surface area contributed by atoms with E-state index in [1.54, 1.807) is 18.3 Å². The molecule has 0 aliphatic carbocycles. The van der Waals surface area contributed by atoms with Crippen molar-refractivity contribution in [1.29, 1.82) is 0 Å². The summed E-state index contributed by atoms with van der Waals surface area (Å²) in [4.78, 5) is 2.32. The van der Waals surface area contributed by atoms with E-state index in [-0.39, 0.29) is 17.3 Å². The van der Waals surface area contributed by atoms with Gasteiger partial charge >= 0.3 is 0 Å².